The third kappa shape index (κ3) is 2.63. The molecule has 0 aromatic heterocycles. The molecule has 2 heterocycles. The molecule has 3 amide bonds. The van der Waals surface area contributed by atoms with Gasteiger partial charge in [0.05, 0.1) is 6.54 Å². The standard InChI is InChI=1S/C9H16N4O2.ClH/c1-12(7-4-10-5-7)2-3-13-8(14)6-11-9(13)15;/h7,10H,2-6H2,1H3,(H,11,15);1H. The van der Waals surface area contributed by atoms with Crippen LogP contribution in [0.2, 0.25) is 0 Å². The lowest BCUT2D eigenvalue weighted by Crippen LogP contribution is -2.57. The van der Waals surface area contributed by atoms with Gasteiger partial charge in [-0.2, -0.15) is 0 Å². The Labute approximate surface area is 101 Å². The number of nitrogens with one attached hydrogen (secondary N) is 2. The zero-order valence-electron chi connectivity index (χ0n) is 9.23. The maximum Gasteiger partial charge on any atom is 0.324 e. The highest BCUT2D eigenvalue weighted by molar-refractivity contribution is 6.01. The smallest absolute Gasteiger partial charge is 0.324 e. The highest BCUT2D eigenvalue weighted by Gasteiger charge is 2.29. The minimum absolute atomic E-state index is 0. The summed E-state index contributed by atoms with van der Waals surface area (Å²) in [5.41, 5.74) is 0. The summed E-state index contributed by atoms with van der Waals surface area (Å²) in [7, 11) is 2.02. The maximum absolute atomic E-state index is 11.3. The second-order valence-electron chi connectivity index (χ2n) is 4.00. The summed E-state index contributed by atoms with van der Waals surface area (Å²) in [6.07, 6.45) is 0. The number of imide groups is 1. The SMILES string of the molecule is CN(CCN1C(=O)CNC1=O)C1CNC1.Cl. The Hall–Kier alpha value is -0.850. The van der Waals surface area contributed by atoms with Crippen LogP contribution in [0.4, 0.5) is 4.79 Å². The van der Waals surface area contributed by atoms with Crippen molar-refractivity contribution in [3.8, 4) is 0 Å². The molecule has 16 heavy (non-hydrogen) atoms. The minimum Gasteiger partial charge on any atom is -0.329 e. The number of halogens is 1. The van der Waals surface area contributed by atoms with E-state index < -0.39 is 0 Å². The molecular formula is C9H17ClN4O2. The molecule has 0 aromatic rings. The van der Waals surface area contributed by atoms with E-state index in [4.69, 9.17) is 0 Å². The first-order valence-corrected chi connectivity index (χ1v) is 5.17. The van der Waals surface area contributed by atoms with Crippen LogP contribution in [0, 0.1) is 0 Å². The van der Waals surface area contributed by atoms with Crippen LogP contribution in [0.25, 0.3) is 0 Å². The fraction of sp³-hybridized carbons (Fsp3) is 0.778. The van der Waals surface area contributed by atoms with E-state index in [1.165, 1.54) is 4.90 Å². The van der Waals surface area contributed by atoms with E-state index in [0.717, 1.165) is 19.6 Å². The molecule has 0 atom stereocenters. The molecule has 6 nitrogen and oxygen atoms in total. The third-order valence-corrected chi connectivity index (χ3v) is 3.00. The normalized spacial score (nSPS) is 20.8. The lowest BCUT2D eigenvalue weighted by Gasteiger charge is -2.36. The van der Waals surface area contributed by atoms with Gasteiger partial charge in [0, 0.05) is 32.2 Å². The van der Waals surface area contributed by atoms with Crippen LogP contribution >= 0.6 is 12.4 Å². The number of nitrogens with zero attached hydrogens (tertiary/aromatic N) is 2. The zero-order chi connectivity index (χ0) is 10.8. The number of amides is 3. The van der Waals surface area contributed by atoms with Gasteiger partial charge in [-0.05, 0) is 7.05 Å². The van der Waals surface area contributed by atoms with Gasteiger partial charge in [0.2, 0.25) is 5.91 Å². The summed E-state index contributed by atoms with van der Waals surface area (Å²) < 4.78 is 0. The Morgan fingerprint density at radius 2 is 2.12 bits per heavy atom. The molecule has 0 bridgehead atoms. The van der Waals surface area contributed by atoms with E-state index >= 15 is 0 Å². The van der Waals surface area contributed by atoms with Gasteiger partial charge in [-0.15, -0.1) is 12.4 Å². The number of likely N-dealkylation sites (N-methyl/N-ethyl adjacent to an activating group) is 1. The third-order valence-electron chi connectivity index (χ3n) is 3.00. The van der Waals surface area contributed by atoms with E-state index in [1.54, 1.807) is 0 Å². The van der Waals surface area contributed by atoms with E-state index in [0.29, 0.717) is 12.6 Å². The number of carbonyl (C=O) groups is 2. The van der Waals surface area contributed by atoms with Crippen LogP contribution in [-0.4, -0.2) is 67.6 Å². The molecule has 2 aliphatic heterocycles. The highest BCUT2D eigenvalue weighted by Crippen LogP contribution is 2.04. The molecule has 2 aliphatic rings. The summed E-state index contributed by atoms with van der Waals surface area (Å²) in [6, 6.07) is 0.283. The van der Waals surface area contributed by atoms with Crippen molar-refractivity contribution in [3.05, 3.63) is 0 Å². The monoisotopic (exact) mass is 248 g/mol. The molecule has 2 N–H and O–H groups in total. The Morgan fingerprint density at radius 1 is 1.44 bits per heavy atom. The number of hydrogen-bond acceptors (Lipinski definition) is 4. The molecule has 0 aliphatic carbocycles. The number of urea groups is 1. The van der Waals surface area contributed by atoms with Crippen molar-refractivity contribution in [2.75, 3.05) is 39.8 Å². The fourth-order valence-corrected chi connectivity index (χ4v) is 1.71. The molecule has 2 saturated heterocycles. The van der Waals surface area contributed by atoms with Gasteiger partial charge in [-0.25, -0.2) is 4.79 Å². The maximum atomic E-state index is 11.3. The van der Waals surface area contributed by atoms with Crippen molar-refractivity contribution >= 4 is 24.3 Å². The molecule has 0 radical (unpaired) electrons. The Bertz CT molecular complexity index is 267. The minimum atomic E-state index is -0.264. The van der Waals surface area contributed by atoms with Crippen LogP contribution in [0.15, 0.2) is 0 Å². The molecule has 2 rings (SSSR count). The molecule has 92 valence electrons. The molecule has 2 fully saturated rings. The van der Waals surface area contributed by atoms with Crippen molar-refractivity contribution in [2.24, 2.45) is 0 Å². The number of rotatable bonds is 4. The van der Waals surface area contributed by atoms with Gasteiger partial charge in [0.1, 0.15) is 0 Å². The largest absolute Gasteiger partial charge is 0.329 e. The second-order valence-corrected chi connectivity index (χ2v) is 4.00. The predicted molar refractivity (Wildman–Crippen MR) is 61.6 cm³/mol. The molecule has 0 aromatic carbocycles. The first kappa shape index (κ1) is 13.2. The molecule has 0 saturated carbocycles. The van der Waals surface area contributed by atoms with Gasteiger partial charge in [0.25, 0.3) is 0 Å². The average Bonchev–Trinajstić information content (AvgIpc) is 2.41. The van der Waals surface area contributed by atoms with Crippen molar-refractivity contribution in [3.63, 3.8) is 0 Å². The Morgan fingerprint density at radius 3 is 2.56 bits per heavy atom. The van der Waals surface area contributed by atoms with Crippen LogP contribution in [-0.2, 0) is 4.79 Å². The van der Waals surface area contributed by atoms with Gasteiger partial charge in [-0.1, -0.05) is 0 Å². The lowest BCUT2D eigenvalue weighted by molar-refractivity contribution is -0.125. The second kappa shape index (κ2) is 5.47. The Kier molecular flexibility index (Phi) is 4.52. The molecular weight excluding hydrogens is 232 g/mol. The summed E-state index contributed by atoms with van der Waals surface area (Å²) in [5.74, 6) is -0.125. The lowest BCUT2D eigenvalue weighted by atomic mass is 10.1. The van der Waals surface area contributed by atoms with E-state index in [9.17, 15) is 9.59 Å². The summed E-state index contributed by atoms with van der Waals surface area (Å²) >= 11 is 0. The van der Waals surface area contributed by atoms with E-state index in [-0.39, 0.29) is 30.9 Å². The van der Waals surface area contributed by atoms with E-state index in [1.807, 2.05) is 7.05 Å². The van der Waals surface area contributed by atoms with Crippen molar-refractivity contribution in [2.45, 2.75) is 6.04 Å². The van der Waals surface area contributed by atoms with Crippen molar-refractivity contribution in [1.29, 1.82) is 0 Å². The predicted octanol–water partition coefficient (Wildman–Crippen LogP) is -1.14. The summed E-state index contributed by atoms with van der Waals surface area (Å²) in [6.45, 7) is 3.37. The summed E-state index contributed by atoms with van der Waals surface area (Å²) in [5, 5.41) is 5.69. The first-order chi connectivity index (χ1) is 7.18. The quantitative estimate of drug-likeness (QED) is 0.618. The van der Waals surface area contributed by atoms with Gasteiger partial charge in [-0.3, -0.25) is 14.6 Å². The highest BCUT2D eigenvalue weighted by atomic mass is 35.5. The van der Waals surface area contributed by atoms with Crippen molar-refractivity contribution in [1.82, 2.24) is 20.4 Å². The van der Waals surface area contributed by atoms with Gasteiger partial charge < -0.3 is 10.6 Å². The molecule has 7 heteroatoms. The summed E-state index contributed by atoms with van der Waals surface area (Å²) in [4.78, 5) is 25.9. The fourth-order valence-electron chi connectivity index (χ4n) is 1.71. The zero-order valence-corrected chi connectivity index (χ0v) is 10.0. The topological polar surface area (TPSA) is 64.7 Å². The van der Waals surface area contributed by atoms with Gasteiger partial charge >= 0.3 is 6.03 Å². The van der Waals surface area contributed by atoms with Crippen LogP contribution in [0.5, 0.6) is 0 Å². The first-order valence-electron chi connectivity index (χ1n) is 5.17. The average molecular weight is 249 g/mol. The van der Waals surface area contributed by atoms with Crippen LogP contribution < -0.4 is 10.6 Å². The van der Waals surface area contributed by atoms with Crippen LogP contribution in [0.3, 0.4) is 0 Å². The van der Waals surface area contributed by atoms with Crippen LogP contribution in [0.1, 0.15) is 0 Å². The Balaban J connectivity index is 0.00000128. The number of hydrogen-bond donors (Lipinski definition) is 2. The molecule has 0 unspecified atom stereocenters. The van der Waals surface area contributed by atoms with Crippen molar-refractivity contribution < 1.29 is 9.59 Å². The number of carbonyl (C=O) groups excluding carboxylic acids is 2. The molecule has 0 spiro atoms. The van der Waals surface area contributed by atoms with E-state index in [2.05, 4.69) is 15.5 Å². The van der Waals surface area contributed by atoms with Gasteiger partial charge in [0.15, 0.2) is 0 Å².